The first-order chi connectivity index (χ1) is 14.6. The molecule has 0 fully saturated rings. The number of hydrogen-bond acceptors (Lipinski definition) is 2. The standard InChI is InChI=1S/C29H42GeN2/c1-18-13-20(3)26(21(4)14-18)31-24(28(7,8)9)17-25(29(10,11)12)32(30-31)27-22(5)15-19(2)16-23(27)6/h13-17,24H,1-12H3/t24-/m1/s1. The number of allylic oxidation sites excluding steroid dienone is 1. The third-order valence-electron chi connectivity index (χ3n) is 6.43. The van der Waals surface area contributed by atoms with Crippen molar-refractivity contribution in [2.24, 2.45) is 10.8 Å². The van der Waals surface area contributed by atoms with E-state index < -0.39 is 15.9 Å². The average Bonchev–Trinajstić information content (AvgIpc) is 2.57. The van der Waals surface area contributed by atoms with Gasteiger partial charge in [-0.1, -0.05) is 0 Å². The van der Waals surface area contributed by atoms with Crippen molar-refractivity contribution in [3.8, 4) is 0 Å². The summed E-state index contributed by atoms with van der Waals surface area (Å²) in [4.78, 5) is 0. The molecule has 32 heavy (non-hydrogen) atoms. The van der Waals surface area contributed by atoms with Crippen LogP contribution in [0.2, 0.25) is 0 Å². The molecule has 0 amide bonds. The molecule has 0 aromatic heterocycles. The van der Waals surface area contributed by atoms with Gasteiger partial charge in [-0.15, -0.1) is 0 Å². The maximum atomic E-state index is 2.78. The molecule has 2 nitrogen and oxygen atoms in total. The van der Waals surface area contributed by atoms with Crippen molar-refractivity contribution in [1.29, 1.82) is 0 Å². The Balaban J connectivity index is 2.30. The summed E-state index contributed by atoms with van der Waals surface area (Å²) in [5, 5.41) is 0. The predicted molar refractivity (Wildman–Crippen MR) is 143 cm³/mol. The van der Waals surface area contributed by atoms with Crippen molar-refractivity contribution >= 4 is 27.3 Å². The van der Waals surface area contributed by atoms with E-state index >= 15 is 0 Å². The van der Waals surface area contributed by atoms with E-state index in [9.17, 15) is 0 Å². The maximum absolute atomic E-state index is 2.78. The van der Waals surface area contributed by atoms with Gasteiger partial charge in [0.2, 0.25) is 0 Å². The zero-order valence-corrected chi connectivity index (χ0v) is 24.5. The summed E-state index contributed by atoms with van der Waals surface area (Å²) in [6, 6.07) is 9.77. The zero-order valence-electron chi connectivity index (χ0n) is 22.4. The molecule has 172 valence electrons. The number of aryl methyl sites for hydroxylation is 6. The predicted octanol–water partition coefficient (Wildman–Crippen LogP) is 7.74. The van der Waals surface area contributed by atoms with Gasteiger partial charge in [-0.3, -0.25) is 0 Å². The molecule has 0 bridgehead atoms. The van der Waals surface area contributed by atoms with E-state index in [4.69, 9.17) is 0 Å². The summed E-state index contributed by atoms with van der Waals surface area (Å²) >= 11 is -0.658. The molecule has 2 aromatic rings. The molecule has 1 aliphatic rings. The number of nitrogens with zero attached hydrogens (tertiary/aromatic N) is 2. The van der Waals surface area contributed by atoms with Crippen LogP contribution in [0.5, 0.6) is 0 Å². The van der Waals surface area contributed by atoms with Crippen molar-refractivity contribution in [1.82, 2.24) is 0 Å². The average molecular weight is 491 g/mol. The van der Waals surface area contributed by atoms with Crippen LogP contribution >= 0.6 is 0 Å². The summed E-state index contributed by atoms with van der Waals surface area (Å²) in [5.41, 5.74) is 12.8. The fourth-order valence-corrected chi connectivity index (χ4v) is 9.85. The topological polar surface area (TPSA) is 6.48 Å². The number of anilines is 2. The molecule has 1 atom stereocenters. The first-order valence-corrected chi connectivity index (χ1v) is 13.7. The molecule has 0 aliphatic carbocycles. The molecule has 1 aliphatic heterocycles. The quantitative estimate of drug-likeness (QED) is 0.397. The summed E-state index contributed by atoms with van der Waals surface area (Å²) in [6.45, 7) is 27.8. The fraction of sp³-hybridized carbons (Fsp3) is 0.517. The van der Waals surface area contributed by atoms with Crippen molar-refractivity contribution < 1.29 is 0 Å². The van der Waals surface area contributed by atoms with Crippen LogP contribution in [0, 0.1) is 52.4 Å². The van der Waals surface area contributed by atoms with Gasteiger partial charge >= 0.3 is 204 Å². The Morgan fingerprint density at radius 2 is 1.06 bits per heavy atom. The third kappa shape index (κ3) is 4.81. The van der Waals surface area contributed by atoms with Gasteiger partial charge in [0.15, 0.2) is 0 Å². The summed E-state index contributed by atoms with van der Waals surface area (Å²) in [6.07, 6.45) is 2.59. The minimum atomic E-state index is -0.658. The van der Waals surface area contributed by atoms with Gasteiger partial charge in [-0.25, -0.2) is 0 Å². The van der Waals surface area contributed by atoms with Crippen LogP contribution in [0.3, 0.4) is 0 Å². The molecule has 2 radical (unpaired) electrons. The second kappa shape index (κ2) is 8.59. The van der Waals surface area contributed by atoms with E-state index in [0.29, 0.717) is 6.04 Å². The second-order valence-corrected chi connectivity index (χ2v) is 14.3. The van der Waals surface area contributed by atoms with Crippen molar-refractivity contribution in [3.05, 3.63) is 69.4 Å². The van der Waals surface area contributed by atoms with Crippen LogP contribution < -0.4 is 7.71 Å². The Kier molecular flexibility index (Phi) is 6.70. The first-order valence-electron chi connectivity index (χ1n) is 11.8. The summed E-state index contributed by atoms with van der Waals surface area (Å²) in [7, 11) is 0. The Morgan fingerprint density at radius 1 is 0.656 bits per heavy atom. The SMILES string of the molecule is Cc1cc(C)c([N]2[Ge][N](c3c(C)cc(C)cc3C)[C@@H](C(C)(C)C)C=C2C(C)(C)C)c(C)c1. The van der Waals surface area contributed by atoms with Gasteiger partial charge in [-0.2, -0.15) is 0 Å². The van der Waals surface area contributed by atoms with Gasteiger partial charge < -0.3 is 0 Å². The molecule has 3 rings (SSSR count). The van der Waals surface area contributed by atoms with E-state index in [2.05, 4.69) is 121 Å². The van der Waals surface area contributed by atoms with E-state index in [1.165, 1.54) is 50.5 Å². The van der Waals surface area contributed by atoms with Gasteiger partial charge in [0.1, 0.15) is 0 Å². The van der Waals surface area contributed by atoms with Crippen LogP contribution in [-0.2, 0) is 0 Å². The van der Waals surface area contributed by atoms with Gasteiger partial charge in [0.05, 0.1) is 0 Å². The molecule has 0 saturated carbocycles. The Bertz CT molecular complexity index is 1000. The van der Waals surface area contributed by atoms with Crippen molar-refractivity contribution in [2.45, 2.75) is 89.1 Å². The van der Waals surface area contributed by atoms with E-state index in [0.717, 1.165) is 0 Å². The monoisotopic (exact) mass is 492 g/mol. The molecule has 2 aromatic carbocycles. The van der Waals surface area contributed by atoms with Crippen LogP contribution in [0.15, 0.2) is 36.0 Å². The normalized spacial score (nSPS) is 17.6. The van der Waals surface area contributed by atoms with Crippen LogP contribution in [0.25, 0.3) is 0 Å². The Labute approximate surface area is 204 Å². The molecule has 1 heterocycles. The van der Waals surface area contributed by atoms with Crippen molar-refractivity contribution in [3.63, 3.8) is 0 Å². The molecule has 0 spiro atoms. The summed E-state index contributed by atoms with van der Waals surface area (Å²) in [5.74, 6) is 0. The van der Waals surface area contributed by atoms with Crippen LogP contribution in [0.1, 0.15) is 74.9 Å². The van der Waals surface area contributed by atoms with E-state index in [1.54, 1.807) is 0 Å². The zero-order chi connectivity index (χ0) is 24.2. The van der Waals surface area contributed by atoms with Crippen LogP contribution in [-0.4, -0.2) is 21.9 Å². The van der Waals surface area contributed by atoms with Gasteiger partial charge in [0.25, 0.3) is 0 Å². The third-order valence-corrected chi connectivity index (χ3v) is 9.33. The first kappa shape index (κ1) is 25.0. The summed E-state index contributed by atoms with van der Waals surface area (Å²) < 4.78 is 5.49. The molecule has 3 heteroatoms. The number of hydrogen-bond donors (Lipinski definition) is 0. The number of rotatable bonds is 2. The molecule has 0 saturated heterocycles. The fourth-order valence-electron chi connectivity index (χ4n) is 5.18. The minimum absolute atomic E-state index is 0.0836. The Hall–Kier alpha value is -1.68. The molecule has 0 N–H and O–H groups in total. The van der Waals surface area contributed by atoms with E-state index in [1.807, 2.05) is 0 Å². The molecule has 0 unspecified atom stereocenters. The molecular formula is C29H42GeN2. The number of benzene rings is 2. The van der Waals surface area contributed by atoms with Gasteiger partial charge in [-0.05, 0) is 0 Å². The van der Waals surface area contributed by atoms with Gasteiger partial charge in [0, 0.05) is 0 Å². The Morgan fingerprint density at radius 3 is 1.44 bits per heavy atom. The second-order valence-electron chi connectivity index (χ2n) is 11.9. The van der Waals surface area contributed by atoms with Crippen molar-refractivity contribution in [2.75, 3.05) is 7.71 Å². The van der Waals surface area contributed by atoms with Crippen LogP contribution in [0.4, 0.5) is 11.4 Å². The molecular weight excluding hydrogens is 449 g/mol. The van der Waals surface area contributed by atoms with E-state index in [-0.39, 0.29) is 10.8 Å².